The lowest BCUT2D eigenvalue weighted by Crippen LogP contribution is -2.03. The highest BCUT2D eigenvalue weighted by molar-refractivity contribution is 5.02. The van der Waals surface area contributed by atoms with Crippen LogP contribution in [-0.2, 0) is 0 Å². The molecule has 0 fully saturated rings. The lowest BCUT2D eigenvalue weighted by Gasteiger charge is -2.15. The molecule has 0 aromatic heterocycles. The van der Waals surface area contributed by atoms with Crippen LogP contribution in [0.25, 0.3) is 0 Å². The van der Waals surface area contributed by atoms with Crippen molar-refractivity contribution in [1.82, 2.24) is 0 Å². The summed E-state index contributed by atoms with van der Waals surface area (Å²) in [5.41, 5.74) is 1.54. The Labute approximate surface area is 96.5 Å². The summed E-state index contributed by atoms with van der Waals surface area (Å²) >= 11 is 0. The zero-order valence-corrected chi connectivity index (χ0v) is 11.2. The highest BCUT2D eigenvalue weighted by Crippen LogP contribution is 2.19. The quantitative estimate of drug-likeness (QED) is 0.494. The van der Waals surface area contributed by atoms with Gasteiger partial charge in [0, 0.05) is 0 Å². The molecule has 0 N–H and O–H groups in total. The predicted octanol–water partition coefficient (Wildman–Crippen LogP) is 5.36. The van der Waals surface area contributed by atoms with Crippen molar-refractivity contribution in [3.63, 3.8) is 0 Å². The maximum atomic E-state index is 2.36. The van der Waals surface area contributed by atoms with Gasteiger partial charge in [-0.1, -0.05) is 51.5 Å². The van der Waals surface area contributed by atoms with Crippen molar-refractivity contribution in [1.29, 1.82) is 0 Å². The molecule has 0 aliphatic heterocycles. The van der Waals surface area contributed by atoms with E-state index >= 15 is 0 Å². The molecular weight excluding hydrogens is 180 g/mol. The van der Waals surface area contributed by atoms with E-state index in [0.717, 1.165) is 24.7 Å². The Kier molecular flexibility index (Phi) is 8.46. The summed E-state index contributed by atoms with van der Waals surface area (Å²) in [6, 6.07) is 0. The average Bonchev–Trinajstić information content (AvgIpc) is 2.20. The topological polar surface area (TPSA) is 0 Å². The third-order valence-electron chi connectivity index (χ3n) is 3.14. The van der Waals surface area contributed by atoms with Gasteiger partial charge in [-0.25, -0.2) is 0 Å². The Morgan fingerprint density at radius 2 is 1.80 bits per heavy atom. The lowest BCUT2D eigenvalue weighted by molar-refractivity contribution is 0.392. The minimum absolute atomic E-state index is 0.817. The summed E-state index contributed by atoms with van der Waals surface area (Å²) < 4.78 is 0. The molecule has 0 aromatic carbocycles. The van der Waals surface area contributed by atoms with E-state index in [9.17, 15) is 0 Å². The maximum absolute atomic E-state index is 2.36. The fraction of sp³-hybridized carbons (Fsp3) is 0.733. The van der Waals surface area contributed by atoms with Gasteiger partial charge in [0.15, 0.2) is 0 Å². The van der Waals surface area contributed by atoms with Gasteiger partial charge in [0.05, 0.1) is 0 Å². The molecule has 0 saturated carbocycles. The van der Waals surface area contributed by atoms with Crippen LogP contribution in [0.3, 0.4) is 0 Å². The second-order valence-electron chi connectivity index (χ2n) is 4.93. The van der Waals surface area contributed by atoms with Gasteiger partial charge >= 0.3 is 0 Å². The summed E-state index contributed by atoms with van der Waals surface area (Å²) in [5, 5.41) is 0. The molecule has 0 heterocycles. The van der Waals surface area contributed by atoms with Crippen LogP contribution in [0.1, 0.15) is 60.3 Å². The first kappa shape index (κ1) is 14.5. The van der Waals surface area contributed by atoms with E-state index in [0.29, 0.717) is 0 Å². The minimum Gasteiger partial charge on any atom is -0.0885 e. The molecule has 1 unspecified atom stereocenters. The third kappa shape index (κ3) is 8.47. The minimum atomic E-state index is 0.817. The van der Waals surface area contributed by atoms with Gasteiger partial charge in [-0.2, -0.15) is 0 Å². The van der Waals surface area contributed by atoms with Crippen molar-refractivity contribution < 1.29 is 0 Å². The summed E-state index contributed by atoms with van der Waals surface area (Å²) in [7, 11) is 0. The van der Waals surface area contributed by atoms with Crippen molar-refractivity contribution >= 4 is 0 Å². The molecule has 0 spiro atoms. The van der Waals surface area contributed by atoms with Crippen LogP contribution < -0.4 is 0 Å². The first-order valence-corrected chi connectivity index (χ1v) is 6.38. The molecule has 0 aliphatic carbocycles. The van der Waals surface area contributed by atoms with Crippen LogP contribution in [0, 0.1) is 11.8 Å². The molecule has 1 atom stereocenters. The Balaban J connectivity index is 3.72. The van der Waals surface area contributed by atoms with Gasteiger partial charge in [-0.15, -0.1) is 0 Å². The summed E-state index contributed by atoms with van der Waals surface area (Å²) in [6.45, 7) is 11.4. The Morgan fingerprint density at radius 3 is 2.33 bits per heavy atom. The zero-order chi connectivity index (χ0) is 11.7. The number of rotatable bonds is 7. The van der Waals surface area contributed by atoms with Gasteiger partial charge in [-0.3, -0.25) is 0 Å². The standard InChI is InChI=1S/C15H28/c1-6-7-8-9-10-14(4)11-12-15(5)13(2)3/h7-8,10,13,15H,6,9,11-12H2,1-5H3. The van der Waals surface area contributed by atoms with E-state index < -0.39 is 0 Å². The van der Waals surface area contributed by atoms with Crippen LogP contribution in [0.4, 0.5) is 0 Å². The molecule has 0 aliphatic rings. The van der Waals surface area contributed by atoms with E-state index in [1.807, 2.05) is 0 Å². The van der Waals surface area contributed by atoms with Crippen molar-refractivity contribution in [2.45, 2.75) is 60.3 Å². The average molecular weight is 208 g/mol. The van der Waals surface area contributed by atoms with Gasteiger partial charge in [0.2, 0.25) is 0 Å². The zero-order valence-electron chi connectivity index (χ0n) is 11.2. The number of allylic oxidation sites excluding steroid dienone is 4. The van der Waals surface area contributed by atoms with E-state index in [2.05, 4.69) is 52.8 Å². The SMILES string of the molecule is CCC=CCC=C(C)CCC(C)C(C)C. The van der Waals surface area contributed by atoms with Crippen molar-refractivity contribution in [2.75, 3.05) is 0 Å². The van der Waals surface area contributed by atoms with Crippen LogP contribution in [0.2, 0.25) is 0 Å². The van der Waals surface area contributed by atoms with Gasteiger partial charge in [0.1, 0.15) is 0 Å². The third-order valence-corrected chi connectivity index (χ3v) is 3.14. The highest BCUT2D eigenvalue weighted by atomic mass is 14.1. The fourth-order valence-electron chi connectivity index (χ4n) is 1.42. The molecule has 0 rings (SSSR count). The molecule has 0 amide bonds. The molecule has 0 radical (unpaired) electrons. The molecule has 15 heavy (non-hydrogen) atoms. The van der Waals surface area contributed by atoms with Crippen molar-refractivity contribution in [2.24, 2.45) is 11.8 Å². The van der Waals surface area contributed by atoms with E-state index in [-0.39, 0.29) is 0 Å². The van der Waals surface area contributed by atoms with Crippen LogP contribution in [0.5, 0.6) is 0 Å². The largest absolute Gasteiger partial charge is 0.0885 e. The second-order valence-corrected chi connectivity index (χ2v) is 4.93. The summed E-state index contributed by atoms with van der Waals surface area (Å²) in [4.78, 5) is 0. The smallest absolute Gasteiger partial charge is 0.0167 e. The molecule has 0 nitrogen and oxygen atoms in total. The molecule has 0 aromatic rings. The summed E-state index contributed by atoms with van der Waals surface area (Å²) in [5.74, 6) is 1.66. The van der Waals surface area contributed by atoms with Gasteiger partial charge < -0.3 is 0 Å². The maximum Gasteiger partial charge on any atom is -0.0167 e. The number of hydrogen-bond acceptors (Lipinski definition) is 0. The molecular formula is C15H28. The first-order chi connectivity index (χ1) is 7.07. The normalized spacial score (nSPS) is 15.2. The van der Waals surface area contributed by atoms with Gasteiger partial charge in [0.25, 0.3) is 0 Å². The lowest BCUT2D eigenvalue weighted by atomic mass is 9.91. The van der Waals surface area contributed by atoms with E-state index in [4.69, 9.17) is 0 Å². The molecule has 0 heteroatoms. The van der Waals surface area contributed by atoms with Crippen molar-refractivity contribution in [3.05, 3.63) is 23.8 Å². The molecule has 88 valence electrons. The Bertz CT molecular complexity index is 196. The van der Waals surface area contributed by atoms with Crippen LogP contribution in [0.15, 0.2) is 23.8 Å². The van der Waals surface area contributed by atoms with Gasteiger partial charge in [-0.05, 0) is 44.4 Å². The Hall–Kier alpha value is -0.520. The van der Waals surface area contributed by atoms with Crippen LogP contribution >= 0.6 is 0 Å². The fourth-order valence-corrected chi connectivity index (χ4v) is 1.42. The second kappa shape index (κ2) is 8.76. The molecule has 0 bridgehead atoms. The monoisotopic (exact) mass is 208 g/mol. The predicted molar refractivity (Wildman–Crippen MR) is 71.0 cm³/mol. The van der Waals surface area contributed by atoms with E-state index in [1.165, 1.54) is 12.8 Å². The van der Waals surface area contributed by atoms with E-state index in [1.54, 1.807) is 5.57 Å². The first-order valence-electron chi connectivity index (χ1n) is 6.38. The summed E-state index contributed by atoms with van der Waals surface area (Å²) in [6.07, 6.45) is 11.7. The van der Waals surface area contributed by atoms with Crippen LogP contribution in [-0.4, -0.2) is 0 Å². The number of hydrogen-bond donors (Lipinski definition) is 0. The van der Waals surface area contributed by atoms with Crippen molar-refractivity contribution in [3.8, 4) is 0 Å². The molecule has 0 saturated heterocycles. The Morgan fingerprint density at radius 1 is 1.13 bits per heavy atom. The highest BCUT2D eigenvalue weighted by Gasteiger charge is 2.06.